The van der Waals surface area contributed by atoms with Gasteiger partial charge in [-0.15, -0.1) is 0 Å². The molecule has 1 fully saturated rings. The zero-order valence-corrected chi connectivity index (χ0v) is 18.8. The van der Waals surface area contributed by atoms with E-state index < -0.39 is 14.8 Å². The van der Waals surface area contributed by atoms with Gasteiger partial charge in [0.05, 0.1) is 22.7 Å². The summed E-state index contributed by atoms with van der Waals surface area (Å²) in [4.78, 5) is 12.6. The molecule has 1 amide bonds. The molecule has 8 heteroatoms. The molecule has 0 heterocycles. The maximum absolute atomic E-state index is 12.6. The highest BCUT2D eigenvalue weighted by Crippen LogP contribution is 2.29. The van der Waals surface area contributed by atoms with Crippen LogP contribution in [0.5, 0.6) is 5.75 Å². The number of sulfonamides is 1. The van der Waals surface area contributed by atoms with Crippen LogP contribution in [0.3, 0.4) is 0 Å². The molecule has 1 aliphatic carbocycles. The van der Waals surface area contributed by atoms with Gasteiger partial charge in [0.2, 0.25) is 15.9 Å². The SMILES string of the molecule is CCCCOc1ccc(NC(=O)[C@H]2CC[C@H](NS(=O)(=O)C(C)(C)C)CC2)c(N)c1. The van der Waals surface area contributed by atoms with Gasteiger partial charge in [0.15, 0.2) is 0 Å². The summed E-state index contributed by atoms with van der Waals surface area (Å²) in [5, 5.41) is 2.90. The fourth-order valence-corrected chi connectivity index (χ4v) is 4.21. The topological polar surface area (TPSA) is 111 Å². The van der Waals surface area contributed by atoms with Crippen molar-refractivity contribution in [1.82, 2.24) is 4.72 Å². The number of ether oxygens (including phenoxy) is 1. The van der Waals surface area contributed by atoms with Gasteiger partial charge in [0, 0.05) is 18.0 Å². The Morgan fingerprint density at radius 2 is 1.86 bits per heavy atom. The van der Waals surface area contributed by atoms with Crippen molar-refractivity contribution in [2.75, 3.05) is 17.7 Å². The normalized spacial score (nSPS) is 20.3. The second-order valence-corrected chi connectivity index (χ2v) is 11.2. The quantitative estimate of drug-likeness (QED) is 0.435. The molecule has 7 nitrogen and oxygen atoms in total. The largest absolute Gasteiger partial charge is 0.494 e. The van der Waals surface area contributed by atoms with Crippen molar-refractivity contribution in [2.24, 2.45) is 5.92 Å². The van der Waals surface area contributed by atoms with Gasteiger partial charge in [-0.1, -0.05) is 13.3 Å². The van der Waals surface area contributed by atoms with Crippen LogP contribution in [-0.2, 0) is 14.8 Å². The van der Waals surface area contributed by atoms with Crippen LogP contribution in [0.4, 0.5) is 11.4 Å². The van der Waals surface area contributed by atoms with Gasteiger partial charge in [-0.2, -0.15) is 0 Å². The summed E-state index contributed by atoms with van der Waals surface area (Å²) in [7, 11) is -3.38. The fraction of sp³-hybridized carbons (Fsp3) is 0.667. The molecule has 29 heavy (non-hydrogen) atoms. The van der Waals surface area contributed by atoms with E-state index in [0.717, 1.165) is 12.8 Å². The third kappa shape index (κ3) is 6.60. The van der Waals surface area contributed by atoms with Crippen molar-refractivity contribution in [2.45, 2.75) is 77.0 Å². The van der Waals surface area contributed by atoms with Crippen molar-refractivity contribution >= 4 is 27.3 Å². The lowest BCUT2D eigenvalue weighted by molar-refractivity contribution is -0.120. The zero-order valence-electron chi connectivity index (χ0n) is 18.0. The molecule has 0 radical (unpaired) electrons. The lowest BCUT2D eigenvalue weighted by atomic mass is 9.86. The highest BCUT2D eigenvalue weighted by molar-refractivity contribution is 7.90. The molecule has 0 unspecified atom stereocenters. The van der Waals surface area contributed by atoms with Gasteiger partial charge in [-0.25, -0.2) is 13.1 Å². The number of nitrogens with one attached hydrogen (secondary N) is 2. The minimum absolute atomic E-state index is 0.0755. The molecular weight excluding hydrogens is 390 g/mol. The van der Waals surface area contributed by atoms with E-state index in [0.29, 0.717) is 49.4 Å². The summed E-state index contributed by atoms with van der Waals surface area (Å²) in [5.74, 6) is 0.472. The van der Waals surface area contributed by atoms with Crippen LogP contribution >= 0.6 is 0 Å². The first-order valence-electron chi connectivity index (χ1n) is 10.4. The first-order valence-corrected chi connectivity index (χ1v) is 11.9. The number of nitrogen functional groups attached to an aromatic ring is 1. The van der Waals surface area contributed by atoms with Gasteiger partial charge >= 0.3 is 0 Å². The first kappa shape index (κ1) is 23.5. The van der Waals surface area contributed by atoms with Crippen LogP contribution in [0.2, 0.25) is 0 Å². The van der Waals surface area contributed by atoms with E-state index in [1.807, 2.05) is 0 Å². The first-order chi connectivity index (χ1) is 13.5. The van der Waals surface area contributed by atoms with Crippen LogP contribution in [0, 0.1) is 5.92 Å². The predicted octanol–water partition coefficient (Wildman–Crippen LogP) is 3.66. The van der Waals surface area contributed by atoms with Gasteiger partial charge < -0.3 is 15.8 Å². The molecule has 2 rings (SSSR count). The molecule has 0 aromatic heterocycles. The van der Waals surface area contributed by atoms with Crippen LogP contribution < -0.4 is 20.5 Å². The molecule has 0 aliphatic heterocycles. The summed E-state index contributed by atoms with van der Waals surface area (Å²) >= 11 is 0. The number of carbonyl (C=O) groups is 1. The molecule has 1 aliphatic rings. The lowest BCUT2D eigenvalue weighted by Crippen LogP contribution is -2.46. The standard InChI is InChI=1S/C21H35N3O4S/c1-5-6-13-28-17-11-12-19(18(22)14-17)23-20(25)15-7-9-16(10-8-15)24-29(26,27)21(2,3)4/h11-12,14-16,24H,5-10,13,22H2,1-4H3,(H,23,25)/t15-,16-. The molecule has 1 saturated carbocycles. The minimum atomic E-state index is -3.38. The Morgan fingerprint density at radius 3 is 2.41 bits per heavy atom. The van der Waals surface area contributed by atoms with Gasteiger partial charge in [-0.05, 0) is 65.0 Å². The molecule has 1 aromatic carbocycles. The summed E-state index contributed by atoms with van der Waals surface area (Å²) in [6.45, 7) is 7.78. The number of benzene rings is 1. The van der Waals surface area contributed by atoms with E-state index in [4.69, 9.17) is 10.5 Å². The van der Waals surface area contributed by atoms with E-state index in [9.17, 15) is 13.2 Å². The fourth-order valence-electron chi connectivity index (χ4n) is 3.18. The number of rotatable bonds is 8. The maximum Gasteiger partial charge on any atom is 0.227 e. The second kappa shape index (κ2) is 9.80. The highest BCUT2D eigenvalue weighted by atomic mass is 32.2. The second-order valence-electron chi connectivity index (χ2n) is 8.72. The van der Waals surface area contributed by atoms with Gasteiger partial charge in [0.1, 0.15) is 5.75 Å². The number of amides is 1. The maximum atomic E-state index is 12.6. The molecule has 4 N–H and O–H groups in total. The highest BCUT2D eigenvalue weighted by Gasteiger charge is 2.34. The lowest BCUT2D eigenvalue weighted by Gasteiger charge is -2.30. The zero-order chi connectivity index (χ0) is 21.7. The van der Waals surface area contributed by atoms with Crippen molar-refractivity contribution in [3.8, 4) is 5.75 Å². The van der Waals surface area contributed by atoms with Gasteiger partial charge in [-0.3, -0.25) is 4.79 Å². The number of nitrogens with two attached hydrogens (primary N) is 1. The van der Waals surface area contributed by atoms with Crippen LogP contribution in [-0.4, -0.2) is 31.7 Å². The summed E-state index contributed by atoms with van der Waals surface area (Å²) in [6, 6.07) is 5.17. The third-order valence-electron chi connectivity index (χ3n) is 5.27. The minimum Gasteiger partial charge on any atom is -0.494 e. The Kier molecular flexibility index (Phi) is 7.94. The third-order valence-corrected chi connectivity index (χ3v) is 7.53. The van der Waals surface area contributed by atoms with E-state index in [-0.39, 0.29) is 17.9 Å². The monoisotopic (exact) mass is 425 g/mol. The Balaban J connectivity index is 1.87. The number of carbonyl (C=O) groups excluding carboxylic acids is 1. The van der Waals surface area contributed by atoms with Crippen molar-refractivity contribution < 1.29 is 17.9 Å². The van der Waals surface area contributed by atoms with E-state index in [2.05, 4.69) is 17.0 Å². The van der Waals surface area contributed by atoms with E-state index in [1.165, 1.54) is 0 Å². The molecule has 0 bridgehead atoms. The molecule has 0 spiro atoms. The summed E-state index contributed by atoms with van der Waals surface area (Å²) in [6.07, 6.45) is 4.61. The molecule has 1 aromatic rings. The Labute approximate surface area is 174 Å². The van der Waals surface area contributed by atoms with Crippen LogP contribution in [0.25, 0.3) is 0 Å². The van der Waals surface area contributed by atoms with Crippen molar-refractivity contribution in [1.29, 1.82) is 0 Å². The van der Waals surface area contributed by atoms with Crippen LogP contribution in [0.15, 0.2) is 18.2 Å². The Bertz CT molecular complexity index is 795. The number of unbranched alkanes of at least 4 members (excludes halogenated alkanes) is 1. The molecule has 0 saturated heterocycles. The average Bonchev–Trinajstić information content (AvgIpc) is 2.63. The molecule has 0 atom stereocenters. The Hall–Kier alpha value is -1.80. The van der Waals surface area contributed by atoms with Crippen LogP contribution in [0.1, 0.15) is 66.2 Å². The summed E-state index contributed by atoms with van der Waals surface area (Å²) < 4.78 is 32.2. The average molecular weight is 426 g/mol. The number of hydrogen-bond donors (Lipinski definition) is 3. The van der Waals surface area contributed by atoms with Crippen molar-refractivity contribution in [3.63, 3.8) is 0 Å². The smallest absolute Gasteiger partial charge is 0.227 e. The number of anilines is 2. The van der Waals surface area contributed by atoms with Gasteiger partial charge in [0.25, 0.3) is 0 Å². The van der Waals surface area contributed by atoms with E-state index in [1.54, 1.807) is 39.0 Å². The molecular formula is C21H35N3O4S. The number of hydrogen-bond acceptors (Lipinski definition) is 5. The predicted molar refractivity (Wildman–Crippen MR) is 117 cm³/mol. The summed E-state index contributed by atoms with van der Waals surface area (Å²) in [5.41, 5.74) is 7.11. The molecule has 164 valence electrons. The van der Waals surface area contributed by atoms with E-state index >= 15 is 0 Å². The van der Waals surface area contributed by atoms with Crippen molar-refractivity contribution in [3.05, 3.63) is 18.2 Å². The Morgan fingerprint density at radius 1 is 1.21 bits per heavy atom.